The lowest BCUT2D eigenvalue weighted by atomic mass is 9.73. The molecule has 0 aliphatic heterocycles. The highest BCUT2D eigenvalue weighted by Gasteiger charge is 2.50. The summed E-state index contributed by atoms with van der Waals surface area (Å²) < 4.78 is 6.99. The molecule has 2 atom stereocenters. The topological polar surface area (TPSA) is 9.23 Å². The summed E-state index contributed by atoms with van der Waals surface area (Å²) in [5, 5.41) is 0.524. The highest BCUT2D eigenvalue weighted by molar-refractivity contribution is 6.79. The van der Waals surface area contributed by atoms with Gasteiger partial charge < -0.3 is 4.43 Å². The van der Waals surface area contributed by atoms with Crippen molar-refractivity contribution >= 4 is 17.1 Å². The first-order chi connectivity index (χ1) is 9.37. The molecule has 0 bridgehead atoms. The minimum atomic E-state index is -1.33. The van der Waals surface area contributed by atoms with Crippen molar-refractivity contribution in [2.45, 2.75) is 111 Å². The molecule has 0 aliphatic carbocycles. The van der Waals surface area contributed by atoms with Crippen molar-refractivity contribution in [3.8, 4) is 0 Å². The van der Waals surface area contributed by atoms with Crippen LogP contribution in [0, 0.1) is 5.41 Å². The Morgan fingerprint density at radius 1 is 0.810 bits per heavy atom. The Balaban J connectivity index is 5.59. The van der Waals surface area contributed by atoms with Crippen molar-refractivity contribution < 1.29 is 4.43 Å². The van der Waals surface area contributed by atoms with Gasteiger partial charge in [0.15, 0.2) is 9.04 Å². The fraction of sp³-hybridized carbons (Fsp3) is 1.00. The first kappa shape index (κ1) is 21.4. The molecule has 0 radical (unpaired) electrons. The van der Waals surface area contributed by atoms with Crippen LogP contribution in [-0.4, -0.2) is 22.3 Å². The van der Waals surface area contributed by atoms with Crippen LogP contribution in [0.3, 0.4) is 0 Å². The molecule has 2 unspecified atom stereocenters. The smallest absolute Gasteiger partial charge is 0.180 e. The Bertz CT molecular complexity index is 316. The fourth-order valence-corrected chi connectivity index (χ4v) is 10.6. The van der Waals surface area contributed by atoms with Gasteiger partial charge in [0.1, 0.15) is 0 Å². The van der Waals surface area contributed by atoms with Gasteiger partial charge in [0.2, 0.25) is 0 Å². The Morgan fingerprint density at radius 3 is 1.48 bits per heavy atom. The summed E-state index contributed by atoms with van der Waals surface area (Å²) in [5.41, 5.74) is 0.371. The van der Waals surface area contributed by atoms with Gasteiger partial charge in [-0.25, -0.2) is 0 Å². The van der Waals surface area contributed by atoms with Gasteiger partial charge in [-0.05, 0) is 30.3 Å². The summed E-state index contributed by atoms with van der Waals surface area (Å²) >= 11 is 0. The van der Waals surface area contributed by atoms with Crippen molar-refractivity contribution in [2.24, 2.45) is 5.41 Å². The van der Waals surface area contributed by atoms with E-state index >= 15 is 0 Å². The first-order valence-corrected chi connectivity index (χ1v) is 14.8. The molecule has 0 aromatic heterocycles. The quantitative estimate of drug-likeness (QED) is 0.444. The average Bonchev–Trinajstić information content (AvgIpc) is 2.38. The SMILES string of the molecule is CCC(C)(C)C(CC)(CC)[SiH](C)OC(C)(CC)[Si](C)(C)C. The Morgan fingerprint density at radius 2 is 1.24 bits per heavy atom. The lowest BCUT2D eigenvalue weighted by molar-refractivity contribution is 0.113. The maximum Gasteiger partial charge on any atom is 0.180 e. The lowest BCUT2D eigenvalue weighted by Crippen LogP contribution is -2.57. The Labute approximate surface area is 138 Å². The maximum absolute atomic E-state index is 6.99. The third-order valence-corrected chi connectivity index (χ3v) is 14.9. The lowest BCUT2D eigenvalue weighted by Gasteiger charge is -2.53. The molecule has 0 aliphatic rings. The predicted molar refractivity (Wildman–Crippen MR) is 103 cm³/mol. The minimum absolute atomic E-state index is 0.123. The van der Waals surface area contributed by atoms with E-state index < -0.39 is 17.1 Å². The number of hydrogen-bond acceptors (Lipinski definition) is 1. The van der Waals surface area contributed by atoms with E-state index in [1.165, 1.54) is 19.3 Å². The van der Waals surface area contributed by atoms with E-state index in [1.807, 2.05) is 0 Å². The molecule has 0 aromatic carbocycles. The second kappa shape index (κ2) is 7.31. The number of hydrogen-bond donors (Lipinski definition) is 0. The van der Waals surface area contributed by atoms with Gasteiger partial charge >= 0.3 is 0 Å². The molecule has 0 N–H and O–H groups in total. The average molecular weight is 331 g/mol. The largest absolute Gasteiger partial charge is 0.417 e. The van der Waals surface area contributed by atoms with E-state index in [0.717, 1.165) is 6.42 Å². The van der Waals surface area contributed by atoms with Crippen LogP contribution >= 0.6 is 0 Å². The zero-order valence-electron chi connectivity index (χ0n) is 16.8. The van der Waals surface area contributed by atoms with E-state index in [-0.39, 0.29) is 5.22 Å². The van der Waals surface area contributed by atoms with Gasteiger partial charge in [-0.1, -0.05) is 80.4 Å². The highest BCUT2D eigenvalue weighted by atomic mass is 28.3. The molecule has 0 aromatic rings. The second-order valence-electron chi connectivity index (χ2n) is 8.70. The van der Waals surface area contributed by atoms with E-state index in [4.69, 9.17) is 4.43 Å². The standard InChI is InChI=1S/C18H42OSi2/c1-12-16(5,6)18(14-3,15-4)20(8)19-17(7,13-2)21(9,10)11/h20H,12-15H2,1-11H3. The molecule has 0 saturated heterocycles. The Hall–Kier alpha value is 0.394. The van der Waals surface area contributed by atoms with Crippen LogP contribution in [0.15, 0.2) is 0 Å². The van der Waals surface area contributed by atoms with E-state index in [2.05, 4.69) is 74.7 Å². The molecule has 0 spiro atoms. The van der Waals surface area contributed by atoms with Crippen molar-refractivity contribution in [1.82, 2.24) is 0 Å². The van der Waals surface area contributed by atoms with Crippen LogP contribution < -0.4 is 0 Å². The van der Waals surface area contributed by atoms with Crippen LogP contribution in [0.25, 0.3) is 0 Å². The Kier molecular flexibility index (Phi) is 7.45. The summed E-state index contributed by atoms with van der Waals surface area (Å²) in [5.74, 6) is 0. The van der Waals surface area contributed by atoms with Crippen LogP contribution in [0.1, 0.15) is 74.1 Å². The molecule has 128 valence electrons. The zero-order chi connectivity index (χ0) is 17.1. The third-order valence-electron chi connectivity index (χ3n) is 6.97. The van der Waals surface area contributed by atoms with E-state index in [9.17, 15) is 0 Å². The van der Waals surface area contributed by atoms with E-state index in [0.29, 0.717) is 10.5 Å². The third kappa shape index (κ3) is 4.03. The molecule has 3 heteroatoms. The van der Waals surface area contributed by atoms with Crippen LogP contribution in [-0.2, 0) is 4.43 Å². The summed E-state index contributed by atoms with van der Waals surface area (Å²) in [6.07, 6.45) is 4.90. The molecular weight excluding hydrogens is 288 g/mol. The van der Waals surface area contributed by atoms with Gasteiger partial charge in [-0.2, -0.15) is 0 Å². The molecule has 0 fully saturated rings. The second-order valence-corrected chi connectivity index (χ2v) is 16.9. The molecule has 0 rings (SSSR count). The maximum atomic E-state index is 6.99. The summed E-state index contributed by atoms with van der Waals surface area (Å²) in [6, 6.07) is 0. The summed E-state index contributed by atoms with van der Waals surface area (Å²) in [6.45, 7) is 26.6. The van der Waals surface area contributed by atoms with Crippen LogP contribution in [0.4, 0.5) is 0 Å². The van der Waals surface area contributed by atoms with Crippen LogP contribution in [0.5, 0.6) is 0 Å². The van der Waals surface area contributed by atoms with Crippen molar-refractivity contribution in [3.05, 3.63) is 0 Å². The predicted octanol–water partition coefficient (Wildman–Crippen LogP) is 6.40. The van der Waals surface area contributed by atoms with Crippen molar-refractivity contribution in [2.75, 3.05) is 0 Å². The van der Waals surface area contributed by atoms with E-state index in [1.54, 1.807) is 0 Å². The van der Waals surface area contributed by atoms with Gasteiger partial charge in [-0.3, -0.25) is 0 Å². The van der Waals surface area contributed by atoms with Crippen LogP contribution in [0.2, 0.25) is 31.2 Å². The summed E-state index contributed by atoms with van der Waals surface area (Å²) in [7, 11) is -2.64. The molecular formula is C18H42OSi2. The normalized spacial score (nSPS) is 18.4. The summed E-state index contributed by atoms with van der Waals surface area (Å²) in [4.78, 5) is 0. The molecule has 21 heavy (non-hydrogen) atoms. The zero-order valence-corrected chi connectivity index (χ0v) is 19.0. The molecule has 0 amide bonds. The minimum Gasteiger partial charge on any atom is -0.417 e. The van der Waals surface area contributed by atoms with Gasteiger partial charge in [0.05, 0.1) is 8.07 Å². The van der Waals surface area contributed by atoms with Gasteiger partial charge in [0, 0.05) is 5.22 Å². The number of rotatable bonds is 9. The highest BCUT2D eigenvalue weighted by Crippen LogP contribution is 2.56. The fourth-order valence-electron chi connectivity index (χ4n) is 3.98. The molecule has 1 nitrogen and oxygen atoms in total. The first-order valence-electron chi connectivity index (χ1n) is 9.05. The monoisotopic (exact) mass is 330 g/mol. The molecule has 0 heterocycles. The van der Waals surface area contributed by atoms with Crippen molar-refractivity contribution in [1.29, 1.82) is 0 Å². The van der Waals surface area contributed by atoms with Gasteiger partial charge in [0.25, 0.3) is 0 Å². The van der Waals surface area contributed by atoms with Crippen molar-refractivity contribution in [3.63, 3.8) is 0 Å². The molecule has 0 saturated carbocycles. The van der Waals surface area contributed by atoms with Gasteiger partial charge in [-0.15, -0.1) is 0 Å².